The SMILES string of the molecule is Nc1cc(F)c(F)cc1C(=O)NCC(=O)NCC1CCN(Cc2ccc(Br)cc2)CC1. The van der Waals surface area contributed by atoms with Gasteiger partial charge in [0.15, 0.2) is 11.6 Å². The summed E-state index contributed by atoms with van der Waals surface area (Å²) in [6.07, 6.45) is 1.96. The summed E-state index contributed by atoms with van der Waals surface area (Å²) in [5, 5.41) is 5.20. The molecule has 0 unspecified atom stereocenters. The lowest BCUT2D eigenvalue weighted by Crippen LogP contribution is -2.41. The van der Waals surface area contributed by atoms with Gasteiger partial charge in [-0.1, -0.05) is 28.1 Å². The van der Waals surface area contributed by atoms with E-state index in [1.165, 1.54) is 5.56 Å². The monoisotopic (exact) mass is 494 g/mol. The minimum atomic E-state index is -1.17. The van der Waals surface area contributed by atoms with Gasteiger partial charge in [0.1, 0.15) is 0 Å². The van der Waals surface area contributed by atoms with E-state index in [9.17, 15) is 18.4 Å². The maximum atomic E-state index is 13.3. The van der Waals surface area contributed by atoms with Gasteiger partial charge in [-0.05, 0) is 55.6 Å². The lowest BCUT2D eigenvalue weighted by molar-refractivity contribution is -0.120. The highest BCUT2D eigenvalue weighted by Crippen LogP contribution is 2.20. The fraction of sp³-hybridized carbons (Fsp3) is 0.364. The second-order valence-electron chi connectivity index (χ2n) is 7.69. The van der Waals surface area contributed by atoms with Crippen molar-refractivity contribution >= 4 is 33.4 Å². The van der Waals surface area contributed by atoms with E-state index in [4.69, 9.17) is 5.73 Å². The van der Waals surface area contributed by atoms with E-state index in [0.717, 1.165) is 49.1 Å². The molecule has 2 amide bonds. The van der Waals surface area contributed by atoms with Crippen LogP contribution < -0.4 is 16.4 Å². The molecule has 0 radical (unpaired) electrons. The third-order valence-electron chi connectivity index (χ3n) is 5.36. The summed E-state index contributed by atoms with van der Waals surface area (Å²) in [5.74, 6) is -2.99. The molecular weight excluding hydrogens is 470 g/mol. The van der Waals surface area contributed by atoms with Crippen molar-refractivity contribution in [1.82, 2.24) is 15.5 Å². The Kier molecular flexibility index (Phi) is 7.97. The Morgan fingerprint density at radius 3 is 2.39 bits per heavy atom. The average Bonchev–Trinajstić information content (AvgIpc) is 2.75. The zero-order chi connectivity index (χ0) is 22.4. The maximum Gasteiger partial charge on any atom is 0.253 e. The van der Waals surface area contributed by atoms with Crippen LogP contribution >= 0.6 is 15.9 Å². The third-order valence-corrected chi connectivity index (χ3v) is 5.89. The molecule has 0 saturated carbocycles. The van der Waals surface area contributed by atoms with Gasteiger partial charge in [-0.3, -0.25) is 14.5 Å². The fourth-order valence-electron chi connectivity index (χ4n) is 3.53. The molecule has 0 aliphatic carbocycles. The number of anilines is 1. The van der Waals surface area contributed by atoms with Gasteiger partial charge in [0.05, 0.1) is 12.1 Å². The number of nitrogens with one attached hydrogen (secondary N) is 2. The van der Waals surface area contributed by atoms with Crippen LogP contribution in [0.5, 0.6) is 0 Å². The molecule has 0 atom stereocenters. The number of carbonyl (C=O) groups is 2. The van der Waals surface area contributed by atoms with Gasteiger partial charge in [-0.2, -0.15) is 0 Å². The van der Waals surface area contributed by atoms with Crippen molar-refractivity contribution in [2.75, 3.05) is 31.9 Å². The molecule has 9 heteroatoms. The van der Waals surface area contributed by atoms with E-state index in [-0.39, 0.29) is 23.7 Å². The highest BCUT2D eigenvalue weighted by molar-refractivity contribution is 9.10. The molecular formula is C22H25BrF2N4O2. The first-order valence-electron chi connectivity index (χ1n) is 10.1. The Hall–Kier alpha value is -2.52. The second-order valence-corrected chi connectivity index (χ2v) is 8.60. The standard InChI is InChI=1S/C22H25BrF2N4O2/c23-16-3-1-15(2-4-16)13-29-7-5-14(6-8-29)11-27-21(30)12-28-22(31)17-9-18(24)19(25)10-20(17)26/h1-4,9-10,14H,5-8,11-13,26H2,(H,27,30)(H,28,31). The number of likely N-dealkylation sites (tertiary alicyclic amines) is 1. The van der Waals surface area contributed by atoms with E-state index in [0.29, 0.717) is 12.5 Å². The molecule has 0 aromatic heterocycles. The van der Waals surface area contributed by atoms with E-state index >= 15 is 0 Å². The molecule has 2 aromatic carbocycles. The first kappa shape index (κ1) is 23.1. The molecule has 2 aromatic rings. The molecule has 4 N–H and O–H groups in total. The Morgan fingerprint density at radius 2 is 1.71 bits per heavy atom. The van der Waals surface area contributed by atoms with Gasteiger partial charge in [-0.25, -0.2) is 8.78 Å². The first-order chi connectivity index (χ1) is 14.8. The number of nitrogen functional groups attached to an aromatic ring is 1. The van der Waals surface area contributed by atoms with Crippen LogP contribution in [0.25, 0.3) is 0 Å². The third kappa shape index (κ3) is 6.73. The average molecular weight is 495 g/mol. The fourth-order valence-corrected chi connectivity index (χ4v) is 3.80. The van der Waals surface area contributed by atoms with Crippen molar-refractivity contribution in [3.63, 3.8) is 0 Å². The molecule has 0 bridgehead atoms. The largest absolute Gasteiger partial charge is 0.398 e. The van der Waals surface area contributed by atoms with Gasteiger partial charge in [0.25, 0.3) is 5.91 Å². The molecule has 1 saturated heterocycles. The maximum absolute atomic E-state index is 13.3. The topological polar surface area (TPSA) is 87.5 Å². The normalized spacial score (nSPS) is 14.9. The van der Waals surface area contributed by atoms with Crippen LogP contribution in [0.1, 0.15) is 28.8 Å². The Bertz CT molecular complexity index is 932. The number of rotatable bonds is 7. The number of piperidine rings is 1. The van der Waals surface area contributed by atoms with E-state index in [1.54, 1.807) is 0 Å². The zero-order valence-electron chi connectivity index (χ0n) is 17.0. The minimum Gasteiger partial charge on any atom is -0.398 e. The Labute approximate surface area is 188 Å². The van der Waals surface area contributed by atoms with Crippen LogP contribution in [0.2, 0.25) is 0 Å². The molecule has 1 aliphatic heterocycles. The van der Waals surface area contributed by atoms with Crippen molar-refractivity contribution in [2.45, 2.75) is 19.4 Å². The van der Waals surface area contributed by atoms with Crippen molar-refractivity contribution in [2.24, 2.45) is 5.92 Å². The Balaban J connectivity index is 1.36. The number of nitrogens with two attached hydrogens (primary N) is 1. The number of hydrogen-bond donors (Lipinski definition) is 3. The number of hydrogen-bond acceptors (Lipinski definition) is 4. The van der Waals surface area contributed by atoms with Crippen molar-refractivity contribution in [3.05, 3.63) is 63.6 Å². The summed E-state index contributed by atoms with van der Waals surface area (Å²) in [6.45, 7) is 3.10. The van der Waals surface area contributed by atoms with E-state index in [1.807, 2.05) is 12.1 Å². The van der Waals surface area contributed by atoms with E-state index in [2.05, 4.69) is 43.6 Å². The van der Waals surface area contributed by atoms with E-state index < -0.39 is 17.5 Å². The number of carbonyl (C=O) groups excluding carboxylic acids is 2. The number of amides is 2. The van der Waals surface area contributed by atoms with Gasteiger partial charge in [0, 0.05) is 29.3 Å². The summed E-state index contributed by atoms with van der Waals surface area (Å²) in [4.78, 5) is 26.5. The van der Waals surface area contributed by atoms with Crippen LogP contribution in [0.15, 0.2) is 40.9 Å². The molecule has 1 heterocycles. The molecule has 31 heavy (non-hydrogen) atoms. The van der Waals surface area contributed by atoms with Crippen LogP contribution in [-0.2, 0) is 11.3 Å². The number of halogens is 3. The molecule has 1 aliphatic rings. The number of nitrogens with zero attached hydrogens (tertiary/aromatic N) is 1. The van der Waals surface area contributed by atoms with Gasteiger partial charge in [0.2, 0.25) is 5.91 Å². The smallest absolute Gasteiger partial charge is 0.253 e. The lowest BCUT2D eigenvalue weighted by atomic mass is 9.96. The predicted molar refractivity (Wildman–Crippen MR) is 118 cm³/mol. The summed E-state index contributed by atoms with van der Waals surface area (Å²) < 4.78 is 27.5. The predicted octanol–water partition coefficient (Wildman–Crippen LogP) is 3.07. The van der Waals surface area contributed by atoms with Crippen molar-refractivity contribution in [1.29, 1.82) is 0 Å². The van der Waals surface area contributed by atoms with Gasteiger partial charge >= 0.3 is 0 Å². The Morgan fingerprint density at radius 1 is 1.06 bits per heavy atom. The summed E-state index contributed by atoms with van der Waals surface area (Å²) in [6, 6.07) is 9.76. The quantitative estimate of drug-likeness (QED) is 0.516. The highest BCUT2D eigenvalue weighted by Gasteiger charge is 2.20. The molecule has 0 spiro atoms. The first-order valence-corrected chi connectivity index (χ1v) is 10.9. The zero-order valence-corrected chi connectivity index (χ0v) is 18.6. The highest BCUT2D eigenvalue weighted by atomic mass is 79.9. The summed E-state index contributed by atoms with van der Waals surface area (Å²) in [5.41, 5.74) is 6.42. The number of benzene rings is 2. The molecule has 3 rings (SSSR count). The van der Waals surface area contributed by atoms with Crippen LogP contribution in [0.3, 0.4) is 0 Å². The van der Waals surface area contributed by atoms with Crippen molar-refractivity contribution in [3.8, 4) is 0 Å². The van der Waals surface area contributed by atoms with Crippen molar-refractivity contribution < 1.29 is 18.4 Å². The molecule has 1 fully saturated rings. The second kappa shape index (κ2) is 10.7. The lowest BCUT2D eigenvalue weighted by Gasteiger charge is -2.32. The minimum absolute atomic E-state index is 0.188. The molecule has 6 nitrogen and oxygen atoms in total. The summed E-state index contributed by atoms with van der Waals surface area (Å²) in [7, 11) is 0. The van der Waals surface area contributed by atoms with Crippen LogP contribution in [0.4, 0.5) is 14.5 Å². The van der Waals surface area contributed by atoms with Gasteiger partial charge < -0.3 is 16.4 Å². The molecule has 166 valence electrons. The summed E-state index contributed by atoms with van der Waals surface area (Å²) >= 11 is 3.44. The van der Waals surface area contributed by atoms with Gasteiger partial charge in [-0.15, -0.1) is 0 Å². The van der Waals surface area contributed by atoms with Crippen LogP contribution in [0, 0.1) is 17.6 Å². The van der Waals surface area contributed by atoms with Crippen LogP contribution in [-0.4, -0.2) is 42.9 Å².